The Morgan fingerprint density at radius 3 is 2.66 bits per heavy atom. The molecule has 2 N–H and O–H groups in total. The van der Waals surface area contributed by atoms with E-state index in [1.165, 1.54) is 18.6 Å². The number of imidazole rings is 1. The third-order valence-electron chi connectivity index (χ3n) is 9.88. The van der Waals surface area contributed by atoms with E-state index >= 15 is 0 Å². The number of carbonyl (C=O) groups is 2. The number of esters is 2. The average molecular weight is 657 g/mol. The summed E-state index contributed by atoms with van der Waals surface area (Å²) in [4.78, 5) is 29.4. The zero-order chi connectivity index (χ0) is 34.1. The van der Waals surface area contributed by atoms with Crippen molar-refractivity contribution in [3.63, 3.8) is 0 Å². The highest BCUT2D eigenvalue weighted by molar-refractivity contribution is 5.86. The highest BCUT2D eigenvalue weighted by atomic mass is 16.7. The lowest BCUT2D eigenvalue weighted by atomic mass is 9.65. The van der Waals surface area contributed by atoms with E-state index in [4.69, 9.17) is 28.4 Å². The molecule has 0 saturated carbocycles. The number of allylic oxidation sites excluding steroid dienone is 3. The molecule has 1 unspecified atom stereocenters. The molecule has 4 heterocycles. The van der Waals surface area contributed by atoms with Crippen LogP contribution >= 0.6 is 0 Å². The van der Waals surface area contributed by atoms with Crippen molar-refractivity contribution in [3.8, 4) is 0 Å². The number of fused-ring (bicyclic) bond motifs is 3. The maximum absolute atomic E-state index is 13.3. The van der Waals surface area contributed by atoms with Crippen LogP contribution in [0.3, 0.4) is 0 Å². The SMILES string of the molecule is CO[C@]12C=C[C@](C)(O1)C(OC(=O)/C=C/c1cn(C)cn1)C[C@H]1C(C)=CC[C@H](C(C)C)[C@H]1/C=C\2CO[C@@H]1OC[C@@H](O)[C@@H](O)[C@@H]1OC(C)=O. The zero-order valence-electron chi connectivity index (χ0n) is 28.2. The lowest BCUT2D eigenvalue weighted by Gasteiger charge is -2.41. The number of ether oxygens (including phenoxy) is 6. The molecule has 1 aromatic heterocycles. The first-order chi connectivity index (χ1) is 22.2. The van der Waals surface area contributed by atoms with Gasteiger partial charge in [-0.05, 0) is 68.6 Å². The minimum absolute atomic E-state index is 0.0137. The van der Waals surface area contributed by atoms with Crippen LogP contribution in [0, 0.1) is 23.7 Å². The van der Waals surface area contributed by atoms with Crippen molar-refractivity contribution in [3.05, 3.63) is 59.7 Å². The highest BCUT2D eigenvalue weighted by Crippen LogP contribution is 2.49. The second kappa shape index (κ2) is 14.2. The summed E-state index contributed by atoms with van der Waals surface area (Å²) in [5, 5.41) is 20.8. The fourth-order valence-corrected chi connectivity index (χ4v) is 7.17. The Morgan fingerprint density at radius 1 is 1.23 bits per heavy atom. The second-order valence-electron chi connectivity index (χ2n) is 13.6. The van der Waals surface area contributed by atoms with Gasteiger partial charge in [-0.15, -0.1) is 0 Å². The van der Waals surface area contributed by atoms with Crippen LogP contribution in [0.25, 0.3) is 6.08 Å². The van der Waals surface area contributed by atoms with E-state index in [-0.39, 0.29) is 31.0 Å². The van der Waals surface area contributed by atoms with Crippen LogP contribution in [0.4, 0.5) is 0 Å². The van der Waals surface area contributed by atoms with Crippen molar-refractivity contribution in [2.45, 2.75) is 89.6 Å². The van der Waals surface area contributed by atoms with Crippen LogP contribution in [0.15, 0.2) is 54.1 Å². The number of nitrogens with zero attached hydrogens (tertiary/aromatic N) is 2. The third-order valence-corrected chi connectivity index (χ3v) is 9.88. The molecule has 12 nitrogen and oxygen atoms in total. The van der Waals surface area contributed by atoms with Crippen LogP contribution < -0.4 is 0 Å². The maximum Gasteiger partial charge on any atom is 0.331 e. The van der Waals surface area contributed by atoms with Gasteiger partial charge in [-0.3, -0.25) is 4.79 Å². The Morgan fingerprint density at radius 2 is 2.00 bits per heavy atom. The molecule has 0 radical (unpaired) electrons. The quantitative estimate of drug-likeness (QED) is 0.229. The molecule has 12 heteroatoms. The summed E-state index contributed by atoms with van der Waals surface area (Å²) in [6, 6.07) is 0. The van der Waals surface area contributed by atoms with Crippen molar-refractivity contribution in [2.24, 2.45) is 30.7 Å². The van der Waals surface area contributed by atoms with Gasteiger partial charge >= 0.3 is 11.9 Å². The Kier molecular flexibility index (Phi) is 10.6. The maximum atomic E-state index is 13.3. The van der Waals surface area contributed by atoms with Gasteiger partial charge in [0, 0.05) is 38.9 Å². The smallest absolute Gasteiger partial charge is 0.331 e. The molecule has 4 aliphatic rings. The summed E-state index contributed by atoms with van der Waals surface area (Å²) in [5.74, 6) is -1.90. The zero-order valence-corrected chi connectivity index (χ0v) is 28.2. The number of aromatic nitrogens is 2. The molecule has 1 fully saturated rings. The number of carbonyl (C=O) groups excluding carboxylic acids is 2. The van der Waals surface area contributed by atoms with Crippen LogP contribution in [-0.4, -0.2) is 94.1 Å². The molecule has 0 aromatic carbocycles. The minimum Gasteiger partial charge on any atom is -0.456 e. The van der Waals surface area contributed by atoms with Gasteiger partial charge in [-0.2, -0.15) is 0 Å². The largest absolute Gasteiger partial charge is 0.456 e. The fraction of sp³-hybridized carbons (Fsp3) is 0.629. The molecule has 5 rings (SSSR count). The van der Waals surface area contributed by atoms with E-state index in [1.807, 2.05) is 26.1 Å². The lowest BCUT2D eigenvalue weighted by molar-refractivity contribution is -0.277. The molecular weight excluding hydrogens is 608 g/mol. The molecular formula is C35H48N2O10. The molecule has 258 valence electrons. The third kappa shape index (κ3) is 7.48. The molecule has 1 aromatic rings. The van der Waals surface area contributed by atoms with Crippen LogP contribution in [0.2, 0.25) is 0 Å². The summed E-state index contributed by atoms with van der Waals surface area (Å²) < 4.78 is 38.1. The number of rotatable bonds is 9. The Labute approximate surface area is 276 Å². The van der Waals surface area contributed by atoms with Crippen LogP contribution in [0.5, 0.6) is 0 Å². The minimum atomic E-state index is -1.39. The van der Waals surface area contributed by atoms with E-state index in [1.54, 1.807) is 30.3 Å². The fourth-order valence-electron chi connectivity index (χ4n) is 7.17. The summed E-state index contributed by atoms with van der Waals surface area (Å²) in [6.07, 6.45) is 10.3. The van der Waals surface area contributed by atoms with Crippen molar-refractivity contribution in [1.29, 1.82) is 0 Å². The standard InChI is InChI=1S/C35H48N2O10/c1-20(2)25-10-8-21(3)26-15-29(46-30(40)11-9-24-16-37(6)19-36-24)34(5)12-13-35(42-7,47-34)23(14-27(25)26)17-43-33-32(45-22(4)38)31(41)28(39)18-44-33/h8-9,11-14,16,19-20,25-29,31-33,39,41H,10,15,17-18H2,1-7H3/b11-9+,23-14-/t25-,26+,27-,28-,29?,31-,32+,33-,34+,35-/m1/s1. The topological polar surface area (TPSA) is 148 Å². The van der Waals surface area contributed by atoms with Crippen molar-refractivity contribution >= 4 is 18.0 Å². The molecule has 47 heavy (non-hydrogen) atoms. The summed E-state index contributed by atoms with van der Waals surface area (Å²) in [6.45, 7) is 9.36. The first-order valence-corrected chi connectivity index (χ1v) is 16.2. The number of aryl methyl sites for hydroxylation is 1. The van der Waals surface area contributed by atoms with Crippen LogP contribution in [0.1, 0.15) is 53.2 Å². The van der Waals surface area contributed by atoms with Gasteiger partial charge in [0.25, 0.3) is 0 Å². The van der Waals surface area contributed by atoms with E-state index < -0.39 is 54.0 Å². The lowest BCUT2D eigenvalue weighted by Crippen LogP contribution is -2.55. The van der Waals surface area contributed by atoms with Crippen molar-refractivity contribution < 1.29 is 48.2 Å². The first-order valence-electron chi connectivity index (χ1n) is 16.2. The predicted octanol–water partition coefficient (Wildman–Crippen LogP) is 3.24. The number of aliphatic hydroxyl groups excluding tert-OH is 2. The molecule has 0 spiro atoms. The highest BCUT2D eigenvalue weighted by Gasteiger charge is 2.54. The average Bonchev–Trinajstić information content (AvgIpc) is 3.61. The number of aliphatic hydroxyl groups is 2. The Bertz CT molecular complexity index is 1430. The van der Waals surface area contributed by atoms with E-state index in [9.17, 15) is 19.8 Å². The molecule has 1 aliphatic carbocycles. The van der Waals surface area contributed by atoms with E-state index in [0.717, 1.165) is 6.42 Å². The Balaban J connectivity index is 1.49. The van der Waals surface area contributed by atoms with Gasteiger partial charge < -0.3 is 43.2 Å². The van der Waals surface area contributed by atoms with Crippen molar-refractivity contribution in [1.82, 2.24) is 9.55 Å². The molecule has 0 amide bonds. The van der Waals surface area contributed by atoms with Crippen molar-refractivity contribution in [2.75, 3.05) is 20.3 Å². The summed E-state index contributed by atoms with van der Waals surface area (Å²) in [7, 11) is 3.40. The number of hydrogen-bond donors (Lipinski definition) is 2. The molecule has 1 saturated heterocycles. The van der Waals surface area contributed by atoms with Gasteiger partial charge in [0.05, 0.1) is 25.2 Å². The predicted molar refractivity (Wildman–Crippen MR) is 170 cm³/mol. The van der Waals surface area contributed by atoms with Gasteiger partial charge in [0.2, 0.25) is 5.79 Å². The van der Waals surface area contributed by atoms with Gasteiger partial charge in [0.1, 0.15) is 23.9 Å². The normalized spacial score (nSPS) is 38.2. The van der Waals surface area contributed by atoms with Crippen LogP contribution in [-0.2, 0) is 45.1 Å². The summed E-state index contributed by atoms with van der Waals surface area (Å²) in [5.41, 5.74) is 1.43. The Hall–Kier alpha value is -3.13. The molecule has 3 aliphatic heterocycles. The van der Waals surface area contributed by atoms with Gasteiger partial charge in [-0.1, -0.05) is 31.6 Å². The number of methoxy groups -OCH3 is 1. The van der Waals surface area contributed by atoms with E-state index in [2.05, 4.69) is 37.9 Å². The molecule has 10 atom stereocenters. The number of hydrogen-bond acceptors (Lipinski definition) is 11. The van der Waals surface area contributed by atoms with Gasteiger partial charge in [-0.25, -0.2) is 9.78 Å². The molecule has 2 bridgehead atoms. The first kappa shape index (κ1) is 35.2. The van der Waals surface area contributed by atoms with E-state index in [0.29, 0.717) is 23.6 Å². The monoisotopic (exact) mass is 656 g/mol. The summed E-state index contributed by atoms with van der Waals surface area (Å²) >= 11 is 0. The second-order valence-corrected chi connectivity index (χ2v) is 13.6. The van der Waals surface area contributed by atoms with Gasteiger partial charge in [0.15, 0.2) is 12.4 Å².